The summed E-state index contributed by atoms with van der Waals surface area (Å²) in [6, 6.07) is 14.8. The van der Waals surface area contributed by atoms with Crippen LogP contribution in [0.1, 0.15) is 12.5 Å². The van der Waals surface area contributed by atoms with Crippen LogP contribution in [0, 0.1) is 0 Å². The van der Waals surface area contributed by atoms with Crippen molar-refractivity contribution >= 4 is 15.7 Å². The van der Waals surface area contributed by atoms with Gasteiger partial charge in [0.2, 0.25) is 10.0 Å². The minimum absolute atomic E-state index is 0.0942. The lowest BCUT2D eigenvalue weighted by molar-refractivity contribution is -0.274. The van der Waals surface area contributed by atoms with Gasteiger partial charge in [-0.05, 0) is 55.0 Å². The Morgan fingerprint density at radius 2 is 1.68 bits per heavy atom. The second-order valence-electron chi connectivity index (χ2n) is 6.39. The molecule has 1 aromatic heterocycles. The van der Waals surface area contributed by atoms with Crippen molar-refractivity contribution in [2.45, 2.75) is 19.8 Å². The van der Waals surface area contributed by atoms with Gasteiger partial charge in [-0.25, -0.2) is 8.42 Å². The molecule has 0 N–H and O–H groups in total. The number of pyridine rings is 1. The molecule has 3 rings (SSSR count). The van der Waals surface area contributed by atoms with Gasteiger partial charge in [0.1, 0.15) is 17.2 Å². The Morgan fingerprint density at radius 1 is 0.968 bits per heavy atom. The summed E-state index contributed by atoms with van der Waals surface area (Å²) in [5.41, 5.74) is 1.10. The van der Waals surface area contributed by atoms with E-state index in [1.807, 2.05) is 0 Å². The van der Waals surface area contributed by atoms with Crippen molar-refractivity contribution in [2.24, 2.45) is 0 Å². The minimum atomic E-state index is -4.78. The Morgan fingerprint density at radius 3 is 2.29 bits per heavy atom. The molecule has 0 atom stereocenters. The number of hydrogen-bond donors (Lipinski definition) is 0. The molecular weight excluding hydrogens is 433 g/mol. The molecular formula is C21H19F3N2O4S. The van der Waals surface area contributed by atoms with Crippen LogP contribution in [0.3, 0.4) is 0 Å². The van der Waals surface area contributed by atoms with Crippen LogP contribution in [0.25, 0.3) is 0 Å². The molecule has 0 spiro atoms. The predicted molar refractivity (Wildman–Crippen MR) is 110 cm³/mol. The smallest absolute Gasteiger partial charge is 0.457 e. The maximum absolute atomic E-state index is 12.7. The van der Waals surface area contributed by atoms with Gasteiger partial charge < -0.3 is 9.47 Å². The molecule has 0 saturated carbocycles. The van der Waals surface area contributed by atoms with Crippen LogP contribution < -0.4 is 13.8 Å². The maximum atomic E-state index is 12.7. The van der Waals surface area contributed by atoms with E-state index < -0.39 is 16.4 Å². The average molecular weight is 452 g/mol. The summed E-state index contributed by atoms with van der Waals surface area (Å²) in [5, 5.41) is 0. The summed E-state index contributed by atoms with van der Waals surface area (Å²) in [6.07, 6.45) is -1.59. The number of benzene rings is 2. The molecule has 0 saturated heterocycles. The monoisotopic (exact) mass is 452 g/mol. The predicted octanol–water partition coefficient (Wildman–Crippen LogP) is 5.13. The molecule has 10 heteroatoms. The molecule has 0 radical (unpaired) electrons. The molecule has 2 aromatic carbocycles. The first kappa shape index (κ1) is 22.4. The van der Waals surface area contributed by atoms with Crippen LogP contribution in [0.2, 0.25) is 0 Å². The molecule has 31 heavy (non-hydrogen) atoms. The zero-order valence-corrected chi connectivity index (χ0v) is 17.2. The van der Waals surface area contributed by atoms with Gasteiger partial charge in [-0.15, -0.1) is 13.2 Å². The number of hydrogen-bond acceptors (Lipinski definition) is 5. The van der Waals surface area contributed by atoms with Gasteiger partial charge in [0.05, 0.1) is 18.0 Å². The summed E-state index contributed by atoms with van der Waals surface area (Å²) in [4.78, 5) is 4.02. The van der Waals surface area contributed by atoms with Crippen LogP contribution in [-0.2, 0) is 16.6 Å². The van der Waals surface area contributed by atoms with Gasteiger partial charge in [-0.1, -0.05) is 12.1 Å². The Balaban J connectivity index is 1.83. The molecule has 0 aliphatic heterocycles. The van der Waals surface area contributed by atoms with E-state index in [9.17, 15) is 21.6 Å². The van der Waals surface area contributed by atoms with Crippen molar-refractivity contribution in [1.29, 1.82) is 0 Å². The molecule has 0 aliphatic carbocycles. The van der Waals surface area contributed by atoms with E-state index >= 15 is 0 Å². The molecule has 0 bridgehead atoms. The molecule has 0 fully saturated rings. The lowest BCUT2D eigenvalue weighted by Crippen LogP contribution is -2.31. The van der Waals surface area contributed by atoms with Crippen LogP contribution in [0.5, 0.6) is 17.2 Å². The number of rotatable bonds is 8. The highest BCUT2D eigenvalue weighted by Crippen LogP contribution is 2.30. The van der Waals surface area contributed by atoms with Gasteiger partial charge in [-0.2, -0.15) is 0 Å². The SMILES string of the molecule is CCS(=O)(=O)N(Cc1cccnc1)c1cccc(Oc2ccc(OC(F)(F)F)cc2)c1. The van der Waals surface area contributed by atoms with Crippen molar-refractivity contribution in [3.63, 3.8) is 0 Å². The fraction of sp³-hybridized carbons (Fsp3) is 0.190. The number of alkyl halides is 3. The summed E-state index contributed by atoms with van der Waals surface area (Å²) >= 11 is 0. The number of anilines is 1. The maximum Gasteiger partial charge on any atom is 0.573 e. The van der Waals surface area contributed by atoms with Gasteiger partial charge in [0.25, 0.3) is 0 Å². The third kappa shape index (κ3) is 6.35. The van der Waals surface area contributed by atoms with Crippen molar-refractivity contribution in [1.82, 2.24) is 4.98 Å². The molecule has 164 valence electrons. The highest BCUT2D eigenvalue weighted by Gasteiger charge is 2.31. The minimum Gasteiger partial charge on any atom is -0.457 e. The molecule has 1 heterocycles. The quantitative estimate of drug-likeness (QED) is 0.474. The third-order valence-electron chi connectivity index (χ3n) is 4.15. The second kappa shape index (κ2) is 9.25. The summed E-state index contributed by atoms with van der Waals surface area (Å²) in [7, 11) is -3.60. The van der Waals surface area contributed by atoms with E-state index in [2.05, 4.69) is 9.72 Å². The van der Waals surface area contributed by atoms with Gasteiger partial charge >= 0.3 is 6.36 Å². The Labute approximate surface area is 177 Å². The molecule has 0 unspecified atom stereocenters. The normalized spacial score (nSPS) is 11.7. The Hall–Kier alpha value is -3.27. The summed E-state index contributed by atoms with van der Waals surface area (Å²) < 4.78 is 73.0. The van der Waals surface area contributed by atoms with E-state index in [0.29, 0.717) is 17.0 Å². The lowest BCUT2D eigenvalue weighted by Gasteiger charge is -2.24. The first-order valence-corrected chi connectivity index (χ1v) is 10.8. The number of ether oxygens (including phenoxy) is 2. The summed E-state index contributed by atoms with van der Waals surface area (Å²) in [5.74, 6) is 0.123. The first-order valence-electron chi connectivity index (χ1n) is 9.19. The zero-order valence-electron chi connectivity index (χ0n) is 16.4. The van der Waals surface area contributed by atoms with Gasteiger partial charge in [0.15, 0.2) is 0 Å². The van der Waals surface area contributed by atoms with E-state index in [-0.39, 0.29) is 23.8 Å². The van der Waals surface area contributed by atoms with E-state index in [0.717, 1.165) is 12.1 Å². The fourth-order valence-corrected chi connectivity index (χ4v) is 3.80. The summed E-state index contributed by atoms with van der Waals surface area (Å²) in [6.45, 7) is 1.65. The molecule has 6 nitrogen and oxygen atoms in total. The van der Waals surface area contributed by atoms with Crippen LogP contribution in [0.15, 0.2) is 73.1 Å². The van der Waals surface area contributed by atoms with Gasteiger partial charge in [0, 0.05) is 18.5 Å². The molecule has 0 amide bonds. The van der Waals surface area contributed by atoms with Crippen molar-refractivity contribution in [3.05, 3.63) is 78.6 Å². The number of halogens is 3. The van der Waals surface area contributed by atoms with Crippen molar-refractivity contribution in [3.8, 4) is 17.2 Å². The Kier molecular flexibility index (Phi) is 6.69. The zero-order chi connectivity index (χ0) is 22.5. The number of nitrogens with zero attached hydrogens (tertiary/aromatic N) is 2. The van der Waals surface area contributed by atoms with Crippen molar-refractivity contribution < 1.29 is 31.1 Å². The average Bonchev–Trinajstić information content (AvgIpc) is 2.73. The third-order valence-corrected chi connectivity index (χ3v) is 5.89. The standard InChI is InChI=1S/C21H19F3N2O4S/c1-2-31(27,28)26(15-16-5-4-12-25-14-16)17-6-3-7-20(13-17)29-18-8-10-19(11-9-18)30-21(22,23)24/h3-14H,2,15H2,1H3. The number of sulfonamides is 1. The van der Waals surface area contributed by atoms with Crippen LogP contribution in [-0.4, -0.2) is 25.5 Å². The molecule has 0 aliphatic rings. The second-order valence-corrected chi connectivity index (χ2v) is 8.57. The van der Waals surface area contributed by atoms with E-state index in [1.54, 1.807) is 55.7 Å². The van der Waals surface area contributed by atoms with Gasteiger partial charge in [-0.3, -0.25) is 9.29 Å². The van der Waals surface area contributed by atoms with Crippen molar-refractivity contribution in [2.75, 3.05) is 10.1 Å². The van der Waals surface area contributed by atoms with Crippen LogP contribution >= 0.6 is 0 Å². The van der Waals surface area contributed by atoms with E-state index in [4.69, 9.17) is 4.74 Å². The largest absolute Gasteiger partial charge is 0.573 e. The topological polar surface area (TPSA) is 68.7 Å². The fourth-order valence-electron chi connectivity index (χ4n) is 2.71. The highest BCUT2D eigenvalue weighted by atomic mass is 32.2. The Bertz CT molecular complexity index is 1110. The van der Waals surface area contributed by atoms with E-state index in [1.165, 1.54) is 16.4 Å². The first-order chi connectivity index (χ1) is 14.7. The number of aromatic nitrogens is 1. The highest BCUT2D eigenvalue weighted by molar-refractivity contribution is 7.92. The molecule has 3 aromatic rings. The lowest BCUT2D eigenvalue weighted by atomic mass is 10.2. The van der Waals surface area contributed by atoms with Crippen LogP contribution in [0.4, 0.5) is 18.9 Å².